The molecule has 20 heavy (non-hydrogen) atoms. The standard InChI is InChI=1S/C15H27N3O2/c1-14(2)7-9-15(19-3,10-8-14)13-17-12(20-18-13)6-4-5-11-16/h4-11,16H2,1-3H3. The number of nitrogens with zero attached hydrogens (tertiary/aromatic N) is 2. The Morgan fingerprint density at radius 1 is 1.20 bits per heavy atom. The van der Waals surface area contributed by atoms with Gasteiger partial charge in [0, 0.05) is 13.5 Å². The van der Waals surface area contributed by atoms with E-state index in [2.05, 4.69) is 24.0 Å². The van der Waals surface area contributed by atoms with Crippen molar-refractivity contribution < 1.29 is 9.26 Å². The van der Waals surface area contributed by atoms with Crippen molar-refractivity contribution in [2.24, 2.45) is 11.1 Å². The van der Waals surface area contributed by atoms with E-state index in [1.165, 1.54) is 0 Å². The minimum absolute atomic E-state index is 0.356. The molecule has 1 aliphatic rings. The first-order valence-electron chi connectivity index (χ1n) is 7.60. The fourth-order valence-corrected chi connectivity index (χ4v) is 2.81. The van der Waals surface area contributed by atoms with E-state index in [0.29, 0.717) is 17.9 Å². The molecule has 0 spiro atoms. The van der Waals surface area contributed by atoms with Crippen molar-refractivity contribution in [3.05, 3.63) is 11.7 Å². The first-order valence-corrected chi connectivity index (χ1v) is 7.60. The summed E-state index contributed by atoms with van der Waals surface area (Å²) >= 11 is 0. The van der Waals surface area contributed by atoms with Gasteiger partial charge in [-0.05, 0) is 50.5 Å². The molecule has 1 saturated carbocycles. The van der Waals surface area contributed by atoms with Crippen LogP contribution in [0, 0.1) is 5.41 Å². The van der Waals surface area contributed by atoms with Gasteiger partial charge in [0.15, 0.2) is 0 Å². The van der Waals surface area contributed by atoms with Gasteiger partial charge >= 0.3 is 0 Å². The smallest absolute Gasteiger partial charge is 0.226 e. The third-order valence-electron chi connectivity index (χ3n) is 4.52. The molecular weight excluding hydrogens is 254 g/mol. The van der Waals surface area contributed by atoms with Crippen LogP contribution in [0.2, 0.25) is 0 Å². The second kappa shape index (κ2) is 6.22. The van der Waals surface area contributed by atoms with E-state index in [9.17, 15) is 0 Å². The molecule has 0 bridgehead atoms. The minimum atomic E-state index is -0.356. The van der Waals surface area contributed by atoms with Crippen LogP contribution in [0.25, 0.3) is 0 Å². The van der Waals surface area contributed by atoms with Crippen LogP contribution in [0.15, 0.2) is 4.52 Å². The van der Waals surface area contributed by atoms with E-state index in [4.69, 9.17) is 15.0 Å². The van der Waals surface area contributed by atoms with Gasteiger partial charge in [0.2, 0.25) is 11.7 Å². The van der Waals surface area contributed by atoms with Crippen molar-refractivity contribution in [2.75, 3.05) is 13.7 Å². The third-order valence-corrected chi connectivity index (χ3v) is 4.52. The lowest BCUT2D eigenvalue weighted by Gasteiger charge is -2.40. The molecule has 0 atom stereocenters. The Labute approximate surface area is 121 Å². The molecule has 0 saturated heterocycles. The Bertz CT molecular complexity index is 419. The number of nitrogens with two attached hydrogens (primary N) is 1. The number of rotatable bonds is 6. The fourth-order valence-electron chi connectivity index (χ4n) is 2.81. The van der Waals surface area contributed by atoms with Crippen molar-refractivity contribution in [2.45, 2.75) is 64.4 Å². The van der Waals surface area contributed by atoms with E-state index in [0.717, 1.165) is 50.8 Å². The molecule has 0 unspecified atom stereocenters. The minimum Gasteiger partial charge on any atom is -0.370 e. The second-order valence-electron chi connectivity index (χ2n) is 6.62. The van der Waals surface area contributed by atoms with Gasteiger partial charge in [0.1, 0.15) is 5.60 Å². The average molecular weight is 281 g/mol. The number of aromatic nitrogens is 2. The lowest BCUT2D eigenvalue weighted by atomic mass is 9.70. The van der Waals surface area contributed by atoms with E-state index in [1.807, 2.05) is 0 Å². The lowest BCUT2D eigenvalue weighted by Crippen LogP contribution is -2.37. The Morgan fingerprint density at radius 2 is 1.90 bits per heavy atom. The first-order chi connectivity index (χ1) is 9.51. The number of hydrogen-bond donors (Lipinski definition) is 1. The molecule has 1 fully saturated rings. The Hall–Kier alpha value is -0.940. The monoisotopic (exact) mass is 281 g/mol. The van der Waals surface area contributed by atoms with Crippen molar-refractivity contribution in [1.82, 2.24) is 10.1 Å². The first kappa shape index (κ1) is 15.4. The predicted molar refractivity (Wildman–Crippen MR) is 77.2 cm³/mol. The lowest BCUT2D eigenvalue weighted by molar-refractivity contribution is -0.0740. The van der Waals surface area contributed by atoms with Gasteiger partial charge in [0.25, 0.3) is 0 Å². The quantitative estimate of drug-likeness (QED) is 0.812. The molecular formula is C15H27N3O2. The van der Waals surface area contributed by atoms with Crippen LogP contribution >= 0.6 is 0 Å². The Balaban J connectivity index is 2.05. The molecule has 2 rings (SSSR count). The zero-order chi connectivity index (χ0) is 14.6. The summed E-state index contributed by atoms with van der Waals surface area (Å²) in [6.45, 7) is 5.32. The molecule has 0 radical (unpaired) electrons. The highest BCUT2D eigenvalue weighted by Gasteiger charge is 2.43. The molecule has 0 amide bonds. The largest absolute Gasteiger partial charge is 0.370 e. The van der Waals surface area contributed by atoms with Gasteiger partial charge in [-0.1, -0.05) is 19.0 Å². The average Bonchev–Trinajstić information content (AvgIpc) is 2.89. The number of unbranched alkanes of at least 4 members (excludes halogenated alkanes) is 1. The maximum atomic E-state index is 5.79. The van der Waals surface area contributed by atoms with Crippen LogP contribution in [-0.2, 0) is 16.8 Å². The number of aryl methyl sites for hydroxylation is 1. The molecule has 114 valence electrons. The Kier molecular flexibility index (Phi) is 4.81. The van der Waals surface area contributed by atoms with Crippen molar-refractivity contribution in [3.63, 3.8) is 0 Å². The van der Waals surface area contributed by atoms with E-state index in [1.54, 1.807) is 7.11 Å². The molecule has 5 heteroatoms. The number of methoxy groups -OCH3 is 1. The van der Waals surface area contributed by atoms with Crippen molar-refractivity contribution in [3.8, 4) is 0 Å². The van der Waals surface area contributed by atoms with Crippen LogP contribution in [-0.4, -0.2) is 23.8 Å². The molecule has 1 aliphatic carbocycles. The molecule has 0 aliphatic heterocycles. The summed E-state index contributed by atoms with van der Waals surface area (Å²) in [7, 11) is 1.75. The molecule has 0 aromatic carbocycles. The molecule has 2 N–H and O–H groups in total. The predicted octanol–water partition coefficient (Wildman–Crippen LogP) is 2.79. The summed E-state index contributed by atoms with van der Waals surface area (Å²) in [6, 6.07) is 0. The zero-order valence-corrected chi connectivity index (χ0v) is 12.9. The number of hydrogen-bond acceptors (Lipinski definition) is 5. The van der Waals surface area contributed by atoms with Crippen LogP contribution in [0.3, 0.4) is 0 Å². The molecule has 1 aromatic heterocycles. The van der Waals surface area contributed by atoms with Gasteiger partial charge in [-0.15, -0.1) is 0 Å². The number of ether oxygens (including phenoxy) is 1. The summed E-state index contributed by atoms with van der Waals surface area (Å²) in [5.74, 6) is 1.42. The van der Waals surface area contributed by atoms with E-state index < -0.39 is 0 Å². The van der Waals surface area contributed by atoms with Crippen LogP contribution < -0.4 is 5.73 Å². The van der Waals surface area contributed by atoms with Gasteiger partial charge < -0.3 is 15.0 Å². The van der Waals surface area contributed by atoms with Crippen molar-refractivity contribution in [1.29, 1.82) is 0 Å². The molecule has 1 heterocycles. The van der Waals surface area contributed by atoms with E-state index >= 15 is 0 Å². The van der Waals surface area contributed by atoms with Gasteiger partial charge in [-0.2, -0.15) is 4.98 Å². The SMILES string of the molecule is COC1(c2noc(CCCCN)n2)CCC(C)(C)CC1. The maximum absolute atomic E-state index is 5.79. The third kappa shape index (κ3) is 3.38. The highest BCUT2D eigenvalue weighted by molar-refractivity contribution is 5.05. The topological polar surface area (TPSA) is 74.2 Å². The van der Waals surface area contributed by atoms with Crippen LogP contribution in [0.5, 0.6) is 0 Å². The summed E-state index contributed by atoms with van der Waals surface area (Å²) in [4.78, 5) is 4.55. The molecule has 1 aromatic rings. The fraction of sp³-hybridized carbons (Fsp3) is 0.867. The summed E-state index contributed by atoms with van der Waals surface area (Å²) in [5.41, 5.74) is 5.52. The highest BCUT2D eigenvalue weighted by Crippen LogP contribution is 2.46. The molecule has 5 nitrogen and oxygen atoms in total. The van der Waals surface area contributed by atoms with E-state index in [-0.39, 0.29) is 5.60 Å². The summed E-state index contributed by atoms with van der Waals surface area (Å²) < 4.78 is 11.2. The van der Waals surface area contributed by atoms with Gasteiger partial charge in [0.05, 0.1) is 0 Å². The highest BCUT2D eigenvalue weighted by atomic mass is 16.5. The van der Waals surface area contributed by atoms with Gasteiger partial charge in [-0.25, -0.2) is 0 Å². The van der Waals surface area contributed by atoms with Crippen molar-refractivity contribution >= 4 is 0 Å². The maximum Gasteiger partial charge on any atom is 0.226 e. The normalized spacial score (nSPS) is 21.0. The van der Waals surface area contributed by atoms with Crippen LogP contribution in [0.1, 0.15) is 64.1 Å². The van der Waals surface area contributed by atoms with Gasteiger partial charge in [-0.3, -0.25) is 0 Å². The Morgan fingerprint density at radius 3 is 2.50 bits per heavy atom. The second-order valence-corrected chi connectivity index (χ2v) is 6.62. The summed E-state index contributed by atoms with van der Waals surface area (Å²) in [6.07, 6.45) is 6.94. The zero-order valence-electron chi connectivity index (χ0n) is 12.9. The summed E-state index contributed by atoms with van der Waals surface area (Å²) in [5, 5.41) is 4.17. The van der Waals surface area contributed by atoms with Crippen LogP contribution in [0.4, 0.5) is 0 Å².